The molecule has 21 heteroatoms. The van der Waals surface area contributed by atoms with E-state index in [1.165, 1.54) is 24.3 Å². The standard InChI is InChI=1S/C28H22N4O14S2.Na/c33-17-9-19(27(37)38)25(21(35)11-17)31-29-15-5-3-13(23(7-15)47(41,42)43)1-2-14-4-6-16(8-24(14)48(44,45)46)30-32-26-20(28(39)40)10-18(34)12-22(26)36;/h3-12,33-36H,1-2H2,(H,37,38)(H,39,40)(H,41,42,43)(H,44,45,46);/q;+1. The number of aromatic carboxylic acids is 2. The van der Waals surface area contributed by atoms with Gasteiger partial charge in [0, 0.05) is 12.1 Å². The van der Waals surface area contributed by atoms with E-state index < -0.39 is 87.5 Å². The third-order valence-corrected chi connectivity index (χ3v) is 8.33. The van der Waals surface area contributed by atoms with Crippen LogP contribution in [-0.2, 0) is 33.1 Å². The number of azo groups is 2. The Labute approximate surface area is 298 Å². The summed E-state index contributed by atoms with van der Waals surface area (Å²) in [7, 11) is -9.85. The Kier molecular flexibility index (Phi) is 11.8. The average Bonchev–Trinajstić information content (AvgIpc) is 2.97. The Morgan fingerprint density at radius 3 is 1.20 bits per heavy atom. The second-order valence-electron chi connectivity index (χ2n) is 9.77. The summed E-state index contributed by atoms with van der Waals surface area (Å²) in [5.41, 5.74) is -2.85. The molecular formula is C28H22N4NaO14S2+. The Hall–Kier alpha value is -4.96. The number of rotatable bonds is 11. The van der Waals surface area contributed by atoms with Crippen LogP contribution in [0.3, 0.4) is 0 Å². The molecule has 0 aliphatic rings. The molecule has 4 aromatic carbocycles. The number of phenolic OH excluding ortho intramolecular Hbond substituents is 4. The second kappa shape index (κ2) is 15.1. The number of phenols is 4. The predicted molar refractivity (Wildman–Crippen MR) is 162 cm³/mol. The van der Waals surface area contributed by atoms with Gasteiger partial charge in [0.1, 0.15) is 34.4 Å². The quantitative estimate of drug-likeness (QED) is 0.0623. The van der Waals surface area contributed by atoms with Crippen molar-refractivity contribution in [2.45, 2.75) is 22.6 Å². The molecule has 0 amide bonds. The van der Waals surface area contributed by atoms with Crippen molar-refractivity contribution < 1.29 is 95.7 Å². The minimum atomic E-state index is -4.92. The van der Waals surface area contributed by atoms with E-state index in [9.17, 15) is 66.2 Å². The Morgan fingerprint density at radius 2 is 0.898 bits per heavy atom. The van der Waals surface area contributed by atoms with Gasteiger partial charge in [-0.05, 0) is 60.4 Å². The molecule has 8 N–H and O–H groups in total. The van der Waals surface area contributed by atoms with Crippen molar-refractivity contribution in [1.29, 1.82) is 0 Å². The molecule has 0 saturated heterocycles. The van der Waals surface area contributed by atoms with Crippen LogP contribution >= 0.6 is 0 Å². The van der Waals surface area contributed by atoms with Crippen molar-refractivity contribution in [2.24, 2.45) is 20.5 Å². The molecule has 0 atom stereocenters. The number of hydrogen-bond acceptors (Lipinski definition) is 14. The van der Waals surface area contributed by atoms with Crippen molar-refractivity contribution in [3.8, 4) is 23.0 Å². The van der Waals surface area contributed by atoms with Crippen LogP contribution in [0.15, 0.2) is 90.9 Å². The van der Waals surface area contributed by atoms with Crippen LogP contribution in [-0.4, -0.2) is 68.5 Å². The first-order chi connectivity index (χ1) is 22.3. The van der Waals surface area contributed by atoms with E-state index in [1.807, 2.05) is 0 Å². The van der Waals surface area contributed by atoms with Crippen molar-refractivity contribution in [1.82, 2.24) is 0 Å². The summed E-state index contributed by atoms with van der Waals surface area (Å²) in [4.78, 5) is 21.6. The first-order valence-electron chi connectivity index (χ1n) is 13.0. The number of nitrogens with zero attached hydrogens (tertiary/aromatic N) is 4. The number of aromatic hydroxyl groups is 4. The summed E-state index contributed by atoms with van der Waals surface area (Å²) >= 11 is 0. The van der Waals surface area contributed by atoms with E-state index in [4.69, 9.17) is 0 Å². The molecule has 0 aliphatic heterocycles. The Morgan fingerprint density at radius 1 is 0.551 bits per heavy atom. The number of aryl methyl sites for hydroxylation is 2. The summed E-state index contributed by atoms with van der Waals surface area (Å²) in [6, 6.07) is 9.82. The summed E-state index contributed by atoms with van der Waals surface area (Å²) in [5.74, 6) is -5.74. The van der Waals surface area contributed by atoms with Gasteiger partial charge in [-0.2, -0.15) is 27.1 Å². The molecule has 0 unspecified atom stereocenters. The monoisotopic (exact) mass is 725 g/mol. The van der Waals surface area contributed by atoms with Crippen molar-refractivity contribution in [3.05, 3.63) is 82.9 Å². The Balaban J connectivity index is 0.00000650. The largest absolute Gasteiger partial charge is 1.00 e. The van der Waals surface area contributed by atoms with Gasteiger partial charge >= 0.3 is 41.5 Å². The molecule has 0 saturated carbocycles. The van der Waals surface area contributed by atoms with E-state index in [2.05, 4.69) is 20.5 Å². The summed E-state index contributed by atoms with van der Waals surface area (Å²) < 4.78 is 68.5. The molecule has 4 rings (SSSR count). The van der Waals surface area contributed by atoms with E-state index >= 15 is 0 Å². The third kappa shape index (κ3) is 9.35. The molecule has 0 heterocycles. The molecule has 0 aromatic heterocycles. The summed E-state index contributed by atoms with van der Waals surface area (Å²) in [6.45, 7) is 0. The molecule has 0 radical (unpaired) electrons. The average molecular weight is 726 g/mol. The normalized spacial score (nSPS) is 11.9. The van der Waals surface area contributed by atoms with Crippen molar-refractivity contribution >= 4 is 54.9 Å². The maximum absolute atomic E-state index is 12.2. The number of carbonyl (C=O) groups is 2. The van der Waals surface area contributed by atoms with Gasteiger partial charge in [-0.1, -0.05) is 12.1 Å². The van der Waals surface area contributed by atoms with E-state index in [0.717, 1.165) is 36.4 Å². The molecule has 0 aliphatic carbocycles. The molecule has 49 heavy (non-hydrogen) atoms. The van der Waals surface area contributed by atoms with Crippen LogP contribution in [0.5, 0.6) is 23.0 Å². The topological polar surface area (TPSA) is 314 Å². The molecule has 0 spiro atoms. The smallest absolute Gasteiger partial charge is 0.508 e. The van der Waals surface area contributed by atoms with Crippen LogP contribution in [0.25, 0.3) is 0 Å². The maximum atomic E-state index is 12.2. The second-order valence-corrected chi connectivity index (χ2v) is 12.5. The van der Waals surface area contributed by atoms with E-state index in [0.29, 0.717) is 0 Å². The number of benzene rings is 4. The van der Waals surface area contributed by atoms with Gasteiger partial charge in [-0.3, -0.25) is 9.11 Å². The van der Waals surface area contributed by atoms with Gasteiger partial charge in [0.05, 0.1) is 32.3 Å². The van der Waals surface area contributed by atoms with Crippen LogP contribution in [0.1, 0.15) is 31.8 Å². The van der Waals surface area contributed by atoms with Gasteiger partial charge in [0.2, 0.25) is 0 Å². The third-order valence-electron chi connectivity index (χ3n) is 6.46. The summed E-state index contributed by atoms with van der Waals surface area (Å²) in [5, 5.41) is 72.4. The first kappa shape index (κ1) is 38.5. The van der Waals surface area contributed by atoms with Crippen molar-refractivity contribution in [2.75, 3.05) is 0 Å². The van der Waals surface area contributed by atoms with Gasteiger partial charge in [-0.25, -0.2) is 9.59 Å². The van der Waals surface area contributed by atoms with E-state index in [1.54, 1.807) is 0 Å². The molecule has 0 bridgehead atoms. The van der Waals surface area contributed by atoms with Crippen LogP contribution in [0.4, 0.5) is 22.7 Å². The summed E-state index contributed by atoms with van der Waals surface area (Å²) in [6.07, 6.45) is -0.470. The van der Waals surface area contributed by atoms with Gasteiger partial charge < -0.3 is 30.6 Å². The minimum Gasteiger partial charge on any atom is -0.508 e. The fourth-order valence-electron chi connectivity index (χ4n) is 4.33. The predicted octanol–water partition coefficient (Wildman–Crippen LogP) is 2.02. The number of carboxylic acid groups (broad SMARTS) is 2. The zero-order valence-electron chi connectivity index (χ0n) is 24.8. The first-order valence-corrected chi connectivity index (χ1v) is 15.9. The maximum Gasteiger partial charge on any atom is 1.00 e. The fourth-order valence-corrected chi connectivity index (χ4v) is 5.88. The molecule has 250 valence electrons. The van der Waals surface area contributed by atoms with Crippen molar-refractivity contribution in [3.63, 3.8) is 0 Å². The Bertz CT molecular complexity index is 2100. The van der Waals surface area contributed by atoms with Gasteiger partial charge in [0.15, 0.2) is 0 Å². The minimum absolute atomic E-state index is 0. The molecule has 18 nitrogen and oxygen atoms in total. The van der Waals surface area contributed by atoms with Crippen LogP contribution < -0.4 is 29.6 Å². The zero-order valence-corrected chi connectivity index (χ0v) is 28.5. The number of hydrogen-bond donors (Lipinski definition) is 8. The van der Waals surface area contributed by atoms with E-state index in [-0.39, 0.29) is 64.9 Å². The molecular weight excluding hydrogens is 703 g/mol. The van der Waals surface area contributed by atoms with Gasteiger partial charge in [0.25, 0.3) is 20.2 Å². The number of carboxylic acids is 2. The van der Waals surface area contributed by atoms with Crippen LogP contribution in [0, 0.1) is 0 Å². The SMILES string of the molecule is O=C(O)c1cc(O)cc(O)c1N=Nc1ccc(CCc2ccc(N=Nc3c(O)cc(O)cc3C(=O)O)cc2S(=O)(=O)O)c(S(=O)(=O)O)c1.[Na+]. The molecule has 0 fully saturated rings. The fraction of sp³-hybridized carbons (Fsp3) is 0.0714. The van der Waals surface area contributed by atoms with Crippen LogP contribution in [0.2, 0.25) is 0 Å². The van der Waals surface area contributed by atoms with Gasteiger partial charge in [-0.15, -0.1) is 10.2 Å². The zero-order chi connectivity index (χ0) is 35.6. The molecule has 4 aromatic rings.